The maximum Gasteiger partial charge on any atom is 0.188 e. The minimum Gasteiger partial charge on any atom is -0.468 e. The van der Waals surface area contributed by atoms with Crippen molar-refractivity contribution >= 4 is 16.3 Å². The SMILES string of the molecule is COCOc1ccc2ccc3c(c2c1)CCC1=C3C=CCC1. The summed E-state index contributed by atoms with van der Waals surface area (Å²) in [5.74, 6) is 0.877. The zero-order valence-electron chi connectivity index (χ0n) is 12.9. The number of hydrogen-bond donors (Lipinski definition) is 0. The predicted octanol–water partition coefficient (Wildman–Crippen LogP) is 4.87. The van der Waals surface area contributed by atoms with Crippen LogP contribution < -0.4 is 4.74 Å². The molecule has 22 heavy (non-hydrogen) atoms. The lowest BCUT2D eigenvalue weighted by atomic mass is 9.79. The van der Waals surface area contributed by atoms with Gasteiger partial charge in [0.25, 0.3) is 0 Å². The molecule has 0 aromatic heterocycles. The Morgan fingerprint density at radius 3 is 2.86 bits per heavy atom. The summed E-state index contributed by atoms with van der Waals surface area (Å²) < 4.78 is 10.6. The summed E-state index contributed by atoms with van der Waals surface area (Å²) in [7, 11) is 1.65. The van der Waals surface area contributed by atoms with Gasteiger partial charge in [-0.25, -0.2) is 0 Å². The fraction of sp³-hybridized carbons (Fsp3) is 0.300. The van der Waals surface area contributed by atoms with E-state index in [1.807, 2.05) is 6.07 Å². The lowest BCUT2D eigenvalue weighted by Crippen LogP contribution is -2.07. The van der Waals surface area contributed by atoms with Crippen molar-refractivity contribution < 1.29 is 9.47 Å². The van der Waals surface area contributed by atoms with Gasteiger partial charge in [-0.3, -0.25) is 0 Å². The van der Waals surface area contributed by atoms with Crippen LogP contribution in [-0.2, 0) is 11.2 Å². The fourth-order valence-electron chi connectivity index (χ4n) is 3.63. The summed E-state index contributed by atoms with van der Waals surface area (Å²) in [6, 6.07) is 10.8. The molecule has 0 spiro atoms. The molecule has 0 radical (unpaired) electrons. The third-order valence-corrected chi connectivity index (χ3v) is 4.69. The molecule has 2 aromatic carbocycles. The van der Waals surface area contributed by atoms with Gasteiger partial charge in [0.15, 0.2) is 6.79 Å². The molecular weight excluding hydrogens is 272 g/mol. The molecule has 0 heterocycles. The zero-order chi connectivity index (χ0) is 14.9. The van der Waals surface area contributed by atoms with Crippen LogP contribution in [0.25, 0.3) is 16.3 Å². The van der Waals surface area contributed by atoms with Crippen molar-refractivity contribution in [1.29, 1.82) is 0 Å². The van der Waals surface area contributed by atoms with E-state index in [0.717, 1.165) is 12.2 Å². The van der Waals surface area contributed by atoms with Gasteiger partial charge in [0, 0.05) is 7.11 Å². The van der Waals surface area contributed by atoms with E-state index >= 15 is 0 Å². The normalized spacial score (nSPS) is 16.6. The number of fused-ring (bicyclic) bond motifs is 4. The van der Waals surface area contributed by atoms with E-state index < -0.39 is 0 Å². The fourth-order valence-corrected chi connectivity index (χ4v) is 3.63. The summed E-state index contributed by atoms with van der Waals surface area (Å²) in [6.45, 7) is 0.290. The summed E-state index contributed by atoms with van der Waals surface area (Å²) in [5.41, 5.74) is 5.96. The number of allylic oxidation sites excluding steroid dienone is 4. The summed E-state index contributed by atoms with van der Waals surface area (Å²) in [4.78, 5) is 0. The van der Waals surface area contributed by atoms with Crippen LogP contribution in [-0.4, -0.2) is 13.9 Å². The summed E-state index contributed by atoms with van der Waals surface area (Å²) in [5, 5.41) is 2.60. The second kappa shape index (κ2) is 5.62. The quantitative estimate of drug-likeness (QED) is 0.751. The Kier molecular flexibility index (Phi) is 3.47. The van der Waals surface area contributed by atoms with Crippen molar-refractivity contribution in [3.8, 4) is 5.75 Å². The minimum atomic E-state index is 0.290. The Morgan fingerprint density at radius 1 is 1.05 bits per heavy atom. The van der Waals surface area contributed by atoms with E-state index in [1.165, 1.54) is 46.7 Å². The van der Waals surface area contributed by atoms with Crippen molar-refractivity contribution in [2.45, 2.75) is 25.7 Å². The van der Waals surface area contributed by atoms with E-state index in [2.05, 4.69) is 36.4 Å². The van der Waals surface area contributed by atoms with E-state index in [4.69, 9.17) is 9.47 Å². The number of hydrogen-bond acceptors (Lipinski definition) is 2. The van der Waals surface area contributed by atoms with Gasteiger partial charge in [-0.05, 0) is 65.3 Å². The third-order valence-electron chi connectivity index (χ3n) is 4.69. The number of aryl methyl sites for hydroxylation is 1. The zero-order valence-corrected chi connectivity index (χ0v) is 12.9. The average molecular weight is 292 g/mol. The maximum absolute atomic E-state index is 5.61. The second-order valence-corrected chi connectivity index (χ2v) is 5.98. The van der Waals surface area contributed by atoms with Crippen molar-refractivity contribution in [2.75, 3.05) is 13.9 Å². The van der Waals surface area contributed by atoms with E-state index in [0.29, 0.717) is 6.79 Å². The first-order chi connectivity index (χ1) is 10.9. The summed E-state index contributed by atoms with van der Waals surface area (Å²) >= 11 is 0. The molecule has 4 rings (SSSR count). The van der Waals surface area contributed by atoms with Gasteiger partial charge in [0.2, 0.25) is 0 Å². The number of benzene rings is 2. The molecule has 0 unspecified atom stereocenters. The predicted molar refractivity (Wildman–Crippen MR) is 90.1 cm³/mol. The van der Waals surface area contributed by atoms with Crippen LogP contribution in [0.3, 0.4) is 0 Å². The highest BCUT2D eigenvalue weighted by molar-refractivity contribution is 5.94. The van der Waals surface area contributed by atoms with Crippen LogP contribution in [0.1, 0.15) is 30.4 Å². The van der Waals surface area contributed by atoms with Crippen molar-refractivity contribution in [3.63, 3.8) is 0 Å². The minimum absolute atomic E-state index is 0.290. The van der Waals surface area contributed by atoms with Crippen molar-refractivity contribution in [1.82, 2.24) is 0 Å². The van der Waals surface area contributed by atoms with Crippen LogP contribution in [0.15, 0.2) is 48.1 Å². The Balaban J connectivity index is 1.85. The molecule has 0 fully saturated rings. The average Bonchev–Trinajstić information content (AvgIpc) is 2.59. The molecule has 0 saturated heterocycles. The van der Waals surface area contributed by atoms with E-state index in [9.17, 15) is 0 Å². The van der Waals surface area contributed by atoms with E-state index in [-0.39, 0.29) is 0 Å². The topological polar surface area (TPSA) is 18.5 Å². The monoisotopic (exact) mass is 292 g/mol. The Labute approximate surface area is 131 Å². The number of ether oxygens (including phenoxy) is 2. The van der Waals surface area contributed by atoms with Gasteiger partial charge in [-0.15, -0.1) is 0 Å². The molecule has 2 nitrogen and oxygen atoms in total. The first kappa shape index (κ1) is 13.6. The largest absolute Gasteiger partial charge is 0.468 e. The van der Waals surface area contributed by atoms with Crippen LogP contribution >= 0.6 is 0 Å². The highest BCUT2D eigenvalue weighted by atomic mass is 16.7. The van der Waals surface area contributed by atoms with Gasteiger partial charge in [-0.1, -0.05) is 35.9 Å². The van der Waals surface area contributed by atoms with Gasteiger partial charge in [0.1, 0.15) is 5.75 Å². The molecule has 0 aliphatic heterocycles. The number of methoxy groups -OCH3 is 1. The summed E-state index contributed by atoms with van der Waals surface area (Å²) in [6.07, 6.45) is 9.35. The Morgan fingerprint density at radius 2 is 1.95 bits per heavy atom. The van der Waals surface area contributed by atoms with Gasteiger partial charge in [0.05, 0.1) is 0 Å². The van der Waals surface area contributed by atoms with Crippen LogP contribution in [0.4, 0.5) is 0 Å². The number of rotatable bonds is 3. The molecule has 0 saturated carbocycles. The molecule has 2 aliphatic rings. The highest BCUT2D eigenvalue weighted by Gasteiger charge is 2.20. The molecule has 0 amide bonds. The molecule has 2 heteroatoms. The van der Waals surface area contributed by atoms with Gasteiger partial charge in [-0.2, -0.15) is 0 Å². The maximum atomic E-state index is 5.61. The van der Waals surface area contributed by atoms with Crippen LogP contribution in [0.2, 0.25) is 0 Å². The first-order valence-electron chi connectivity index (χ1n) is 7.93. The standard InChI is InChI=1S/C20H20O2/c1-21-13-22-16-9-6-15-8-10-18-17-5-3-2-4-14(17)7-11-19(18)20(15)12-16/h3,5-6,8-10,12H,2,4,7,11,13H2,1H3. The Hall–Kier alpha value is -2.06. The first-order valence-corrected chi connectivity index (χ1v) is 7.93. The Bertz CT molecular complexity index is 784. The molecule has 0 N–H and O–H groups in total. The second-order valence-electron chi connectivity index (χ2n) is 5.98. The van der Waals surface area contributed by atoms with Crippen LogP contribution in [0, 0.1) is 0 Å². The highest BCUT2D eigenvalue weighted by Crippen LogP contribution is 2.40. The van der Waals surface area contributed by atoms with Gasteiger partial charge >= 0.3 is 0 Å². The lowest BCUT2D eigenvalue weighted by molar-refractivity contribution is 0.0512. The molecule has 2 aliphatic carbocycles. The van der Waals surface area contributed by atoms with Crippen LogP contribution in [0.5, 0.6) is 5.75 Å². The third kappa shape index (κ3) is 2.24. The van der Waals surface area contributed by atoms with Crippen molar-refractivity contribution in [3.05, 3.63) is 59.2 Å². The smallest absolute Gasteiger partial charge is 0.188 e. The molecule has 0 atom stereocenters. The molecular formula is C20H20O2. The lowest BCUT2D eigenvalue weighted by Gasteiger charge is -2.25. The van der Waals surface area contributed by atoms with E-state index in [1.54, 1.807) is 12.7 Å². The van der Waals surface area contributed by atoms with Crippen molar-refractivity contribution in [2.24, 2.45) is 0 Å². The molecule has 0 bridgehead atoms. The molecule has 112 valence electrons. The van der Waals surface area contributed by atoms with Gasteiger partial charge < -0.3 is 9.47 Å². The molecule has 2 aromatic rings.